The Hall–Kier alpha value is -0.810. The summed E-state index contributed by atoms with van der Waals surface area (Å²) in [5, 5.41) is 3.35. The number of nitrogens with zero attached hydrogens (tertiary/aromatic N) is 1. The van der Waals surface area contributed by atoms with Gasteiger partial charge in [0.2, 0.25) is 0 Å². The summed E-state index contributed by atoms with van der Waals surface area (Å²) < 4.78 is 11.4. The van der Waals surface area contributed by atoms with Crippen molar-refractivity contribution in [3.05, 3.63) is 0 Å². The summed E-state index contributed by atoms with van der Waals surface area (Å²) in [4.78, 5) is 14.7. The van der Waals surface area contributed by atoms with Gasteiger partial charge in [-0.2, -0.15) is 0 Å². The van der Waals surface area contributed by atoms with Gasteiger partial charge in [-0.15, -0.1) is 0 Å². The Balaban J connectivity index is 2.13. The van der Waals surface area contributed by atoms with Crippen LogP contribution < -0.4 is 5.32 Å². The Labute approximate surface area is 128 Å². The minimum atomic E-state index is -0.456. The molecule has 5 nitrogen and oxygen atoms in total. The quantitative estimate of drug-likeness (QED) is 0.851. The highest BCUT2D eigenvalue weighted by Crippen LogP contribution is 2.30. The second-order valence-corrected chi connectivity index (χ2v) is 7.79. The average molecular weight is 298 g/mol. The third-order valence-corrected chi connectivity index (χ3v) is 4.10. The molecule has 0 aromatic rings. The Bertz CT molecular complexity index is 370. The highest BCUT2D eigenvalue weighted by Gasteiger charge is 2.40. The van der Waals surface area contributed by atoms with Crippen LogP contribution in [0.4, 0.5) is 4.79 Å². The summed E-state index contributed by atoms with van der Waals surface area (Å²) in [5.41, 5.74) is -0.628. The normalized spacial score (nSPS) is 29.2. The largest absolute Gasteiger partial charge is 0.444 e. The molecule has 21 heavy (non-hydrogen) atoms. The van der Waals surface area contributed by atoms with Gasteiger partial charge < -0.3 is 19.7 Å². The fourth-order valence-electron chi connectivity index (χ4n) is 3.22. The number of amides is 1. The first kappa shape index (κ1) is 16.6. The fourth-order valence-corrected chi connectivity index (χ4v) is 3.22. The second kappa shape index (κ2) is 6.13. The van der Waals surface area contributed by atoms with E-state index in [1.54, 1.807) is 0 Å². The molecule has 2 rings (SSSR count). The lowest BCUT2D eigenvalue weighted by molar-refractivity contribution is -0.0887. The molecule has 2 atom stereocenters. The number of hydrogen-bond acceptors (Lipinski definition) is 4. The first-order chi connectivity index (χ1) is 9.68. The van der Waals surface area contributed by atoms with Crippen LogP contribution in [0.15, 0.2) is 0 Å². The summed E-state index contributed by atoms with van der Waals surface area (Å²) in [5.74, 6) is 0. The van der Waals surface area contributed by atoms with Crippen molar-refractivity contribution in [1.82, 2.24) is 10.2 Å². The zero-order valence-electron chi connectivity index (χ0n) is 14.1. The van der Waals surface area contributed by atoms with Gasteiger partial charge in [-0.05, 0) is 60.4 Å². The van der Waals surface area contributed by atoms with Gasteiger partial charge in [-0.1, -0.05) is 0 Å². The zero-order valence-corrected chi connectivity index (χ0v) is 14.1. The van der Waals surface area contributed by atoms with Crippen molar-refractivity contribution in [2.45, 2.75) is 77.2 Å². The van der Waals surface area contributed by atoms with E-state index in [1.165, 1.54) is 0 Å². The highest BCUT2D eigenvalue weighted by atomic mass is 16.6. The van der Waals surface area contributed by atoms with Crippen LogP contribution in [0, 0.1) is 0 Å². The van der Waals surface area contributed by atoms with Crippen LogP contribution in [0.25, 0.3) is 0 Å². The smallest absolute Gasteiger partial charge is 0.410 e. The lowest BCUT2D eigenvalue weighted by Crippen LogP contribution is -2.54. The van der Waals surface area contributed by atoms with Gasteiger partial charge in [0.25, 0.3) is 0 Å². The topological polar surface area (TPSA) is 50.8 Å². The first-order valence-corrected chi connectivity index (χ1v) is 8.04. The highest BCUT2D eigenvalue weighted by molar-refractivity contribution is 5.69. The summed E-state index contributed by atoms with van der Waals surface area (Å²) in [6.07, 6.45) is 2.57. The van der Waals surface area contributed by atoms with Crippen LogP contribution >= 0.6 is 0 Å². The van der Waals surface area contributed by atoms with Gasteiger partial charge in [0.15, 0.2) is 0 Å². The summed E-state index contributed by atoms with van der Waals surface area (Å²) >= 11 is 0. The van der Waals surface area contributed by atoms with Crippen molar-refractivity contribution in [3.8, 4) is 0 Å². The van der Waals surface area contributed by atoms with Crippen LogP contribution in [-0.2, 0) is 9.47 Å². The van der Waals surface area contributed by atoms with Crippen molar-refractivity contribution >= 4 is 6.09 Å². The van der Waals surface area contributed by atoms with E-state index in [1.807, 2.05) is 25.7 Å². The SMILES string of the molecule is CC(C)(C)OC(=O)N(C1CCOC(C)(C)C1)[C@@H]1CCNC1. The Kier molecular flexibility index (Phi) is 4.83. The number of nitrogens with one attached hydrogen (secondary N) is 1. The third-order valence-electron chi connectivity index (χ3n) is 4.10. The predicted octanol–water partition coefficient (Wildman–Crippen LogP) is 2.54. The number of carbonyl (C=O) groups excluding carboxylic acids is 1. The molecule has 2 saturated heterocycles. The molecule has 0 bridgehead atoms. The second-order valence-electron chi connectivity index (χ2n) is 7.79. The standard InChI is InChI=1S/C16H30N2O3/c1-15(2,3)21-14(19)18(13-6-8-17-11-13)12-7-9-20-16(4,5)10-12/h12-13,17H,6-11H2,1-5H3/t12?,13-/m1/s1. The van der Waals surface area contributed by atoms with E-state index in [4.69, 9.17) is 9.47 Å². The average Bonchev–Trinajstić information content (AvgIpc) is 2.78. The maximum absolute atomic E-state index is 12.7. The number of hydrogen-bond donors (Lipinski definition) is 1. The molecule has 0 aromatic heterocycles. The van der Waals surface area contributed by atoms with Gasteiger partial charge in [-0.25, -0.2) is 4.79 Å². The van der Waals surface area contributed by atoms with Gasteiger partial charge in [0, 0.05) is 25.2 Å². The third kappa shape index (κ3) is 4.58. The molecule has 0 radical (unpaired) electrons. The minimum Gasteiger partial charge on any atom is -0.444 e. The molecule has 0 saturated carbocycles. The number of ether oxygens (including phenoxy) is 2. The van der Waals surface area contributed by atoms with Gasteiger partial charge in [0.05, 0.1) is 5.60 Å². The van der Waals surface area contributed by atoms with Crippen molar-refractivity contribution < 1.29 is 14.3 Å². The predicted molar refractivity (Wildman–Crippen MR) is 82.4 cm³/mol. The molecular formula is C16H30N2O3. The molecule has 122 valence electrons. The van der Waals surface area contributed by atoms with Crippen LogP contribution in [0.3, 0.4) is 0 Å². The molecule has 5 heteroatoms. The van der Waals surface area contributed by atoms with Crippen LogP contribution in [0.1, 0.15) is 53.9 Å². The van der Waals surface area contributed by atoms with E-state index in [9.17, 15) is 4.79 Å². The molecule has 0 aliphatic carbocycles. The number of rotatable bonds is 2. The monoisotopic (exact) mass is 298 g/mol. The van der Waals surface area contributed by atoms with Gasteiger partial charge in [-0.3, -0.25) is 0 Å². The Morgan fingerprint density at radius 3 is 2.52 bits per heavy atom. The molecule has 2 heterocycles. The van der Waals surface area contributed by atoms with E-state index >= 15 is 0 Å². The van der Waals surface area contributed by atoms with Crippen molar-refractivity contribution in [1.29, 1.82) is 0 Å². The first-order valence-electron chi connectivity index (χ1n) is 8.04. The summed E-state index contributed by atoms with van der Waals surface area (Å²) in [6, 6.07) is 0.437. The van der Waals surface area contributed by atoms with E-state index in [-0.39, 0.29) is 23.8 Å². The fraction of sp³-hybridized carbons (Fsp3) is 0.938. The van der Waals surface area contributed by atoms with Crippen molar-refractivity contribution in [2.24, 2.45) is 0 Å². The zero-order chi connectivity index (χ0) is 15.7. The molecule has 1 N–H and O–H groups in total. The van der Waals surface area contributed by atoms with E-state index in [0.717, 1.165) is 32.4 Å². The van der Waals surface area contributed by atoms with Crippen LogP contribution in [0.2, 0.25) is 0 Å². The summed E-state index contributed by atoms with van der Waals surface area (Å²) in [6.45, 7) is 12.5. The van der Waals surface area contributed by atoms with Gasteiger partial charge in [0.1, 0.15) is 5.60 Å². The van der Waals surface area contributed by atoms with Crippen LogP contribution in [-0.4, -0.2) is 54.0 Å². The molecule has 1 amide bonds. The molecule has 0 spiro atoms. The van der Waals surface area contributed by atoms with Crippen molar-refractivity contribution in [2.75, 3.05) is 19.7 Å². The van der Waals surface area contributed by atoms with Gasteiger partial charge >= 0.3 is 6.09 Å². The molecule has 2 aliphatic heterocycles. The molecule has 1 unspecified atom stereocenters. The molecule has 2 fully saturated rings. The summed E-state index contributed by atoms with van der Waals surface area (Å²) in [7, 11) is 0. The van der Waals surface area contributed by atoms with E-state index < -0.39 is 5.60 Å². The lowest BCUT2D eigenvalue weighted by Gasteiger charge is -2.43. The maximum Gasteiger partial charge on any atom is 0.410 e. The molecule has 0 aromatic carbocycles. The Morgan fingerprint density at radius 2 is 2.00 bits per heavy atom. The molecular weight excluding hydrogens is 268 g/mol. The maximum atomic E-state index is 12.7. The lowest BCUT2D eigenvalue weighted by atomic mass is 9.92. The number of carbonyl (C=O) groups is 1. The molecule has 2 aliphatic rings. The van der Waals surface area contributed by atoms with E-state index in [0.29, 0.717) is 6.61 Å². The van der Waals surface area contributed by atoms with E-state index in [2.05, 4.69) is 19.2 Å². The minimum absolute atomic E-state index is 0.171. The Morgan fingerprint density at radius 1 is 1.29 bits per heavy atom. The van der Waals surface area contributed by atoms with Crippen LogP contribution in [0.5, 0.6) is 0 Å². The van der Waals surface area contributed by atoms with Crippen molar-refractivity contribution in [3.63, 3.8) is 0 Å².